The molecule has 22 heavy (non-hydrogen) atoms. The monoisotopic (exact) mass is 280 g/mol. The first-order valence-electron chi connectivity index (χ1n) is 7.23. The van der Waals surface area contributed by atoms with Gasteiger partial charge in [0.2, 0.25) is 0 Å². The van der Waals surface area contributed by atoms with Crippen LogP contribution in [0.4, 0.5) is 0 Å². The number of benzene rings is 2. The van der Waals surface area contributed by atoms with Crippen LogP contribution in [0.5, 0.6) is 0 Å². The lowest BCUT2D eigenvalue weighted by atomic mass is 9.76. The van der Waals surface area contributed by atoms with Gasteiger partial charge in [0.05, 0.1) is 17.7 Å². The summed E-state index contributed by atoms with van der Waals surface area (Å²) in [5, 5.41) is 19.3. The summed E-state index contributed by atoms with van der Waals surface area (Å²) in [5.41, 5.74) is 5.07. The van der Waals surface area contributed by atoms with Crippen LogP contribution in [0.3, 0.4) is 0 Å². The Morgan fingerprint density at radius 3 is 2.55 bits per heavy atom. The molecule has 0 saturated heterocycles. The number of rotatable bonds is 1. The SMILES string of the molecule is N#Cc1ccc2c3c1C=CCC3=C[C@@]2(C#N)c1ccccc1. The minimum Gasteiger partial charge on any atom is -0.197 e. The summed E-state index contributed by atoms with van der Waals surface area (Å²) in [6.45, 7) is 0. The summed E-state index contributed by atoms with van der Waals surface area (Å²) in [5.74, 6) is 0. The van der Waals surface area contributed by atoms with Crippen LogP contribution in [0.15, 0.2) is 54.6 Å². The van der Waals surface area contributed by atoms with Gasteiger partial charge in [0.1, 0.15) is 5.41 Å². The van der Waals surface area contributed by atoms with Crippen LogP contribution in [0.1, 0.15) is 34.2 Å². The van der Waals surface area contributed by atoms with E-state index >= 15 is 0 Å². The highest BCUT2D eigenvalue weighted by atomic mass is 14.5. The molecule has 0 N–H and O–H groups in total. The van der Waals surface area contributed by atoms with E-state index in [2.05, 4.69) is 24.3 Å². The topological polar surface area (TPSA) is 47.6 Å². The molecular weight excluding hydrogens is 268 g/mol. The van der Waals surface area contributed by atoms with Crippen molar-refractivity contribution in [2.75, 3.05) is 0 Å². The van der Waals surface area contributed by atoms with Gasteiger partial charge < -0.3 is 0 Å². The minimum atomic E-state index is -0.749. The molecular formula is C20H12N2. The number of hydrogen-bond donors (Lipinski definition) is 0. The van der Waals surface area contributed by atoms with Crippen molar-refractivity contribution < 1.29 is 0 Å². The van der Waals surface area contributed by atoms with Crippen LogP contribution >= 0.6 is 0 Å². The van der Waals surface area contributed by atoms with Gasteiger partial charge in [0.15, 0.2) is 0 Å². The third-order valence-corrected chi connectivity index (χ3v) is 4.53. The highest BCUT2D eigenvalue weighted by Gasteiger charge is 2.41. The quantitative estimate of drug-likeness (QED) is 0.786. The molecule has 0 aliphatic heterocycles. The van der Waals surface area contributed by atoms with Gasteiger partial charge in [-0.25, -0.2) is 0 Å². The van der Waals surface area contributed by atoms with E-state index in [-0.39, 0.29) is 0 Å². The Labute approximate surface area is 129 Å². The Kier molecular flexibility index (Phi) is 2.55. The van der Waals surface area contributed by atoms with E-state index in [0.717, 1.165) is 34.2 Å². The van der Waals surface area contributed by atoms with Gasteiger partial charge in [0.25, 0.3) is 0 Å². The molecule has 0 aromatic heterocycles. The highest BCUT2D eigenvalue weighted by Crippen LogP contribution is 2.49. The molecule has 2 aliphatic carbocycles. The maximum atomic E-state index is 9.99. The minimum absolute atomic E-state index is 0.669. The fourth-order valence-electron chi connectivity index (χ4n) is 3.54. The zero-order valence-electron chi connectivity index (χ0n) is 11.9. The van der Waals surface area contributed by atoms with Crippen molar-refractivity contribution in [1.29, 1.82) is 10.5 Å². The second-order valence-corrected chi connectivity index (χ2v) is 5.62. The Bertz CT molecular complexity index is 921. The standard InChI is InChI=1S/C20H12N2/c21-12-15-9-10-18-19-14(5-4-8-17(15)19)11-20(18,13-22)16-6-2-1-3-7-16/h1-4,6-11H,5H2/t20-/m1/s1. The smallest absolute Gasteiger partial charge is 0.126 e. The van der Waals surface area contributed by atoms with Crippen LogP contribution in [0.25, 0.3) is 11.6 Å². The van der Waals surface area contributed by atoms with E-state index < -0.39 is 5.41 Å². The normalized spacial score (nSPS) is 20.7. The molecule has 2 aromatic rings. The van der Waals surface area contributed by atoms with Gasteiger partial charge in [-0.3, -0.25) is 0 Å². The van der Waals surface area contributed by atoms with E-state index in [4.69, 9.17) is 0 Å². The largest absolute Gasteiger partial charge is 0.197 e. The predicted molar refractivity (Wildman–Crippen MR) is 85.6 cm³/mol. The van der Waals surface area contributed by atoms with E-state index in [1.165, 1.54) is 0 Å². The average Bonchev–Trinajstić information content (AvgIpc) is 2.93. The zero-order valence-corrected chi connectivity index (χ0v) is 11.9. The number of nitriles is 2. The summed E-state index contributed by atoms with van der Waals surface area (Å²) in [4.78, 5) is 0. The van der Waals surface area contributed by atoms with Crippen molar-refractivity contribution in [3.63, 3.8) is 0 Å². The molecule has 2 aromatic carbocycles. The van der Waals surface area contributed by atoms with E-state index in [0.29, 0.717) is 5.56 Å². The maximum Gasteiger partial charge on any atom is 0.126 e. The first-order valence-corrected chi connectivity index (χ1v) is 7.23. The molecule has 102 valence electrons. The molecule has 1 atom stereocenters. The fourth-order valence-corrected chi connectivity index (χ4v) is 3.54. The molecule has 0 spiro atoms. The van der Waals surface area contributed by atoms with Gasteiger partial charge >= 0.3 is 0 Å². The Hall–Kier alpha value is -3.10. The molecule has 4 rings (SSSR count). The predicted octanol–water partition coefficient (Wildman–Crippen LogP) is 4.18. The van der Waals surface area contributed by atoms with Gasteiger partial charge in [-0.1, -0.05) is 54.6 Å². The molecule has 0 radical (unpaired) electrons. The molecule has 0 unspecified atom stereocenters. The summed E-state index contributed by atoms with van der Waals surface area (Å²) in [6.07, 6.45) is 6.96. The van der Waals surface area contributed by atoms with E-state index in [1.807, 2.05) is 48.5 Å². The maximum absolute atomic E-state index is 9.99. The molecule has 0 bridgehead atoms. The lowest BCUT2D eigenvalue weighted by Gasteiger charge is -2.22. The van der Waals surface area contributed by atoms with Gasteiger partial charge in [-0.2, -0.15) is 10.5 Å². The summed E-state index contributed by atoms with van der Waals surface area (Å²) < 4.78 is 0. The third kappa shape index (κ3) is 1.47. The molecule has 0 saturated carbocycles. The molecule has 2 nitrogen and oxygen atoms in total. The van der Waals surface area contributed by atoms with Crippen LogP contribution in [0, 0.1) is 22.7 Å². The second-order valence-electron chi connectivity index (χ2n) is 5.62. The summed E-state index contributed by atoms with van der Waals surface area (Å²) in [6, 6.07) is 18.4. The zero-order chi connectivity index (χ0) is 15.2. The van der Waals surface area contributed by atoms with Crippen molar-refractivity contribution in [1.82, 2.24) is 0 Å². The summed E-state index contributed by atoms with van der Waals surface area (Å²) in [7, 11) is 0. The molecule has 2 heteroatoms. The van der Waals surface area contributed by atoms with Crippen LogP contribution in [-0.4, -0.2) is 0 Å². The van der Waals surface area contributed by atoms with Gasteiger partial charge in [-0.05, 0) is 40.3 Å². The first-order chi connectivity index (χ1) is 10.8. The van der Waals surface area contributed by atoms with Gasteiger partial charge in [0, 0.05) is 0 Å². The van der Waals surface area contributed by atoms with Crippen molar-refractivity contribution in [2.45, 2.75) is 11.8 Å². The van der Waals surface area contributed by atoms with Crippen molar-refractivity contribution in [3.05, 3.63) is 82.4 Å². The van der Waals surface area contributed by atoms with Crippen molar-refractivity contribution in [3.8, 4) is 12.1 Å². The number of nitrogens with zero attached hydrogens (tertiary/aromatic N) is 2. The molecule has 0 fully saturated rings. The molecule has 0 heterocycles. The van der Waals surface area contributed by atoms with Crippen molar-refractivity contribution in [2.24, 2.45) is 0 Å². The Morgan fingerprint density at radius 2 is 1.82 bits per heavy atom. The van der Waals surface area contributed by atoms with Crippen molar-refractivity contribution >= 4 is 11.6 Å². The highest BCUT2D eigenvalue weighted by molar-refractivity contribution is 5.90. The Morgan fingerprint density at radius 1 is 1.00 bits per heavy atom. The van der Waals surface area contributed by atoms with Crippen LogP contribution < -0.4 is 0 Å². The molecule has 2 aliphatic rings. The van der Waals surface area contributed by atoms with Crippen LogP contribution in [-0.2, 0) is 5.41 Å². The van der Waals surface area contributed by atoms with Gasteiger partial charge in [-0.15, -0.1) is 0 Å². The van der Waals surface area contributed by atoms with E-state index in [9.17, 15) is 10.5 Å². The lowest BCUT2D eigenvalue weighted by molar-refractivity contribution is 0.848. The second kappa shape index (κ2) is 4.45. The van der Waals surface area contributed by atoms with Crippen LogP contribution in [0.2, 0.25) is 0 Å². The lowest BCUT2D eigenvalue weighted by Crippen LogP contribution is -2.21. The fraction of sp³-hybridized carbons (Fsp3) is 0.100. The number of allylic oxidation sites excluding steroid dienone is 3. The first kappa shape index (κ1) is 12.6. The molecule has 0 amide bonds. The van der Waals surface area contributed by atoms with E-state index in [1.54, 1.807) is 0 Å². The Balaban J connectivity index is 2.08. The average molecular weight is 280 g/mol. The number of hydrogen-bond acceptors (Lipinski definition) is 2. The third-order valence-electron chi connectivity index (χ3n) is 4.53. The summed E-state index contributed by atoms with van der Waals surface area (Å²) >= 11 is 0.